The van der Waals surface area contributed by atoms with E-state index in [1.807, 2.05) is 0 Å². The number of anilines is 1. The van der Waals surface area contributed by atoms with Gasteiger partial charge in [-0.15, -0.1) is 0 Å². The Hall–Kier alpha value is -2.22. The Balaban J connectivity index is 2.39. The smallest absolute Gasteiger partial charge is 0.273 e. The average Bonchev–Trinajstić information content (AvgIpc) is 2.43. The van der Waals surface area contributed by atoms with Crippen molar-refractivity contribution in [3.05, 3.63) is 44.7 Å². The zero-order valence-corrected chi connectivity index (χ0v) is 12.3. The van der Waals surface area contributed by atoms with Gasteiger partial charge in [0.25, 0.3) is 5.69 Å². The normalized spacial score (nSPS) is 10.2. The fourth-order valence-corrected chi connectivity index (χ4v) is 1.90. The molecule has 0 atom stereocenters. The summed E-state index contributed by atoms with van der Waals surface area (Å²) in [5.74, 6) is 1.30. The van der Waals surface area contributed by atoms with Crippen molar-refractivity contribution in [1.29, 1.82) is 0 Å². The highest BCUT2D eigenvalue weighted by atomic mass is 79.9. The first-order valence-corrected chi connectivity index (χ1v) is 6.43. The number of nitrogens with zero attached hydrogens (tertiary/aromatic N) is 3. The second kappa shape index (κ2) is 5.83. The van der Waals surface area contributed by atoms with Crippen molar-refractivity contribution in [2.45, 2.75) is 6.92 Å². The van der Waals surface area contributed by atoms with Crippen LogP contribution in [-0.4, -0.2) is 21.9 Å². The van der Waals surface area contributed by atoms with Crippen molar-refractivity contribution in [2.75, 3.05) is 12.4 Å². The van der Waals surface area contributed by atoms with Crippen LogP contribution in [0.5, 0.6) is 11.6 Å². The van der Waals surface area contributed by atoms with Crippen LogP contribution in [0.3, 0.4) is 0 Å². The van der Waals surface area contributed by atoms with Crippen LogP contribution in [0, 0.1) is 17.0 Å². The van der Waals surface area contributed by atoms with Crippen molar-refractivity contribution >= 4 is 27.4 Å². The molecule has 20 heavy (non-hydrogen) atoms. The molecule has 0 saturated heterocycles. The number of hydrogen-bond acceptors (Lipinski definition) is 6. The first-order chi connectivity index (χ1) is 9.52. The summed E-state index contributed by atoms with van der Waals surface area (Å²) in [7, 11) is 1.74. The van der Waals surface area contributed by atoms with E-state index in [-0.39, 0.29) is 5.69 Å². The van der Waals surface area contributed by atoms with Gasteiger partial charge in [-0.25, -0.2) is 9.97 Å². The number of hydrogen-bond donors (Lipinski definition) is 1. The van der Waals surface area contributed by atoms with Gasteiger partial charge in [-0.05, 0) is 28.9 Å². The van der Waals surface area contributed by atoms with Gasteiger partial charge in [0.15, 0.2) is 5.75 Å². The number of aromatic nitrogens is 2. The fourth-order valence-electron chi connectivity index (χ4n) is 1.58. The molecule has 0 fully saturated rings. The van der Waals surface area contributed by atoms with E-state index in [0.29, 0.717) is 27.5 Å². The highest BCUT2D eigenvalue weighted by Gasteiger charge is 2.14. The van der Waals surface area contributed by atoms with Gasteiger partial charge >= 0.3 is 0 Å². The molecule has 7 nitrogen and oxygen atoms in total. The summed E-state index contributed by atoms with van der Waals surface area (Å²) in [5.41, 5.74) is 0.664. The Morgan fingerprint density at radius 1 is 1.40 bits per heavy atom. The molecule has 0 radical (unpaired) electrons. The molecule has 0 bridgehead atoms. The Labute approximate surface area is 123 Å². The first kappa shape index (κ1) is 14.2. The van der Waals surface area contributed by atoms with E-state index in [0.717, 1.165) is 0 Å². The molecule has 1 aromatic carbocycles. The minimum Gasteiger partial charge on any atom is -0.437 e. The molecule has 1 aromatic heterocycles. The van der Waals surface area contributed by atoms with Gasteiger partial charge in [0.1, 0.15) is 12.1 Å². The van der Waals surface area contributed by atoms with Crippen LogP contribution in [0.4, 0.5) is 11.5 Å². The lowest BCUT2D eigenvalue weighted by Gasteiger charge is -2.11. The van der Waals surface area contributed by atoms with Crippen LogP contribution in [0.15, 0.2) is 29.0 Å². The van der Waals surface area contributed by atoms with Crippen LogP contribution >= 0.6 is 15.9 Å². The summed E-state index contributed by atoms with van der Waals surface area (Å²) >= 11 is 3.29. The number of nitro groups is 1. The van der Waals surface area contributed by atoms with Crippen molar-refractivity contribution in [3.63, 3.8) is 0 Å². The number of benzene rings is 1. The minimum absolute atomic E-state index is 0.0521. The van der Waals surface area contributed by atoms with Gasteiger partial charge in [-0.1, -0.05) is 0 Å². The molecule has 0 unspecified atom stereocenters. The standard InChI is InChI=1S/C12H11BrN4O3/c1-7-11(14-2)15-6-16-12(7)20-10-5-8(17(18)19)3-4-9(10)13/h3-6H,1-2H3,(H,14,15,16). The Kier molecular flexibility index (Phi) is 4.14. The van der Waals surface area contributed by atoms with Crippen LogP contribution < -0.4 is 10.1 Å². The van der Waals surface area contributed by atoms with Crippen molar-refractivity contribution in [3.8, 4) is 11.6 Å². The number of ether oxygens (including phenoxy) is 1. The number of nitro benzene ring substituents is 1. The molecular formula is C12H11BrN4O3. The van der Waals surface area contributed by atoms with Crippen molar-refractivity contribution in [2.24, 2.45) is 0 Å². The summed E-state index contributed by atoms with van der Waals surface area (Å²) in [6.45, 7) is 1.80. The molecule has 1 heterocycles. The molecule has 0 aliphatic heterocycles. The Morgan fingerprint density at radius 3 is 2.80 bits per heavy atom. The van der Waals surface area contributed by atoms with E-state index in [9.17, 15) is 10.1 Å². The molecule has 104 valence electrons. The maximum Gasteiger partial charge on any atom is 0.273 e. The van der Waals surface area contributed by atoms with Crippen molar-refractivity contribution < 1.29 is 9.66 Å². The van der Waals surface area contributed by atoms with Crippen LogP contribution in [0.2, 0.25) is 0 Å². The molecule has 8 heteroatoms. The lowest BCUT2D eigenvalue weighted by molar-refractivity contribution is -0.384. The molecule has 0 aliphatic carbocycles. The van der Waals surface area contributed by atoms with Crippen LogP contribution in [0.25, 0.3) is 0 Å². The third-order valence-electron chi connectivity index (χ3n) is 2.61. The predicted molar refractivity (Wildman–Crippen MR) is 77.2 cm³/mol. The van der Waals surface area contributed by atoms with E-state index in [4.69, 9.17) is 4.74 Å². The molecule has 0 saturated carbocycles. The summed E-state index contributed by atoms with van der Waals surface area (Å²) < 4.78 is 6.23. The predicted octanol–water partition coefficient (Wildman–Crippen LogP) is 3.29. The quantitative estimate of drug-likeness (QED) is 0.679. The Morgan fingerprint density at radius 2 is 2.15 bits per heavy atom. The molecule has 0 spiro atoms. The van der Waals surface area contributed by atoms with E-state index in [1.165, 1.54) is 18.5 Å². The zero-order valence-electron chi connectivity index (χ0n) is 10.8. The lowest BCUT2D eigenvalue weighted by Crippen LogP contribution is -2.00. The number of rotatable bonds is 4. The average molecular weight is 339 g/mol. The lowest BCUT2D eigenvalue weighted by atomic mass is 10.3. The highest BCUT2D eigenvalue weighted by molar-refractivity contribution is 9.10. The molecule has 1 N–H and O–H groups in total. The summed E-state index contributed by atoms with van der Waals surface area (Å²) in [4.78, 5) is 18.4. The monoisotopic (exact) mass is 338 g/mol. The SMILES string of the molecule is CNc1ncnc(Oc2cc([N+](=O)[O-])ccc2Br)c1C. The van der Waals surface area contributed by atoms with E-state index in [1.54, 1.807) is 20.0 Å². The zero-order chi connectivity index (χ0) is 14.7. The topological polar surface area (TPSA) is 90.2 Å². The van der Waals surface area contributed by atoms with Gasteiger partial charge in [0, 0.05) is 13.1 Å². The Bertz CT molecular complexity index is 663. The third-order valence-corrected chi connectivity index (χ3v) is 3.26. The van der Waals surface area contributed by atoms with Gasteiger partial charge < -0.3 is 10.1 Å². The van der Waals surface area contributed by atoms with Crippen LogP contribution in [0.1, 0.15) is 5.56 Å². The van der Waals surface area contributed by atoms with E-state index in [2.05, 4.69) is 31.2 Å². The molecule has 0 amide bonds. The molecule has 2 aromatic rings. The second-order valence-electron chi connectivity index (χ2n) is 3.88. The van der Waals surface area contributed by atoms with Gasteiger partial charge in [-0.2, -0.15) is 0 Å². The highest BCUT2D eigenvalue weighted by Crippen LogP contribution is 2.34. The van der Waals surface area contributed by atoms with Crippen LogP contribution in [-0.2, 0) is 0 Å². The van der Waals surface area contributed by atoms with E-state index >= 15 is 0 Å². The first-order valence-electron chi connectivity index (χ1n) is 5.64. The van der Waals surface area contributed by atoms with Gasteiger partial charge in [0.05, 0.1) is 21.0 Å². The molecule has 0 aliphatic rings. The van der Waals surface area contributed by atoms with Gasteiger partial charge in [-0.3, -0.25) is 10.1 Å². The molecule has 2 rings (SSSR count). The number of nitrogens with one attached hydrogen (secondary N) is 1. The van der Waals surface area contributed by atoms with Gasteiger partial charge in [0.2, 0.25) is 5.88 Å². The summed E-state index contributed by atoms with van der Waals surface area (Å²) in [5, 5.41) is 13.7. The summed E-state index contributed by atoms with van der Waals surface area (Å²) in [6, 6.07) is 4.29. The fraction of sp³-hybridized carbons (Fsp3) is 0.167. The number of non-ortho nitro benzene ring substituents is 1. The second-order valence-corrected chi connectivity index (χ2v) is 4.73. The largest absolute Gasteiger partial charge is 0.437 e. The molecular weight excluding hydrogens is 328 g/mol. The maximum absolute atomic E-state index is 10.8. The minimum atomic E-state index is -0.481. The van der Waals surface area contributed by atoms with Crippen molar-refractivity contribution in [1.82, 2.24) is 9.97 Å². The number of halogens is 1. The van der Waals surface area contributed by atoms with E-state index < -0.39 is 4.92 Å². The summed E-state index contributed by atoms with van der Waals surface area (Å²) in [6.07, 6.45) is 1.36. The third kappa shape index (κ3) is 2.85. The maximum atomic E-state index is 10.8.